The second-order valence-electron chi connectivity index (χ2n) is 5.44. The van der Waals surface area contributed by atoms with Gasteiger partial charge in [0, 0.05) is 37.3 Å². The highest BCUT2D eigenvalue weighted by Crippen LogP contribution is 2.22. The summed E-state index contributed by atoms with van der Waals surface area (Å²) in [7, 11) is 0.299. The van der Waals surface area contributed by atoms with Crippen LogP contribution >= 0.6 is 0 Å². The van der Waals surface area contributed by atoms with Gasteiger partial charge in [0.05, 0.1) is 6.20 Å². The summed E-state index contributed by atoms with van der Waals surface area (Å²) in [6.45, 7) is 5.56. The summed E-state index contributed by atoms with van der Waals surface area (Å²) in [4.78, 5) is 2.20. The fourth-order valence-corrected chi connectivity index (χ4v) is 4.23. The quantitative estimate of drug-likeness (QED) is 0.808. The van der Waals surface area contributed by atoms with Crippen molar-refractivity contribution in [3.05, 3.63) is 11.8 Å². The van der Waals surface area contributed by atoms with Crippen molar-refractivity contribution in [3.63, 3.8) is 0 Å². The number of sulfonamides is 1. The van der Waals surface area contributed by atoms with Gasteiger partial charge < -0.3 is 5.32 Å². The van der Waals surface area contributed by atoms with Gasteiger partial charge in [-0.1, -0.05) is 0 Å². The summed E-state index contributed by atoms with van der Waals surface area (Å²) < 4.78 is 27.1. The van der Waals surface area contributed by atoms with Gasteiger partial charge >= 0.3 is 0 Å². The Morgan fingerprint density at radius 3 is 2.55 bits per heavy atom. The van der Waals surface area contributed by atoms with Gasteiger partial charge in [-0.2, -0.15) is 9.40 Å². The summed E-state index contributed by atoms with van der Waals surface area (Å²) in [5, 5.41) is 9.67. The SMILES string of the molecule is CNCc1cn[nH]c1S(=O)(=O)N1CC(C)N(C)C(C)C1. The molecule has 0 amide bonds. The molecular formula is C12H23N5O2S. The number of nitrogens with one attached hydrogen (secondary N) is 2. The minimum absolute atomic E-state index is 0.198. The van der Waals surface area contributed by atoms with Crippen LogP contribution in [0.2, 0.25) is 0 Å². The van der Waals surface area contributed by atoms with Crippen LogP contribution in [-0.2, 0) is 16.6 Å². The molecular weight excluding hydrogens is 278 g/mol. The number of likely N-dealkylation sites (N-methyl/N-ethyl adjacent to an activating group) is 1. The van der Waals surface area contributed by atoms with Gasteiger partial charge in [-0.05, 0) is 27.9 Å². The van der Waals surface area contributed by atoms with Crippen molar-refractivity contribution in [2.75, 3.05) is 27.2 Å². The summed E-state index contributed by atoms with van der Waals surface area (Å²) in [6, 6.07) is 0.397. The van der Waals surface area contributed by atoms with E-state index in [4.69, 9.17) is 0 Å². The van der Waals surface area contributed by atoms with Gasteiger partial charge in [0.2, 0.25) is 0 Å². The Labute approximate surface area is 120 Å². The van der Waals surface area contributed by atoms with E-state index in [1.165, 1.54) is 0 Å². The van der Waals surface area contributed by atoms with Crippen molar-refractivity contribution in [1.29, 1.82) is 0 Å². The van der Waals surface area contributed by atoms with Crippen LogP contribution in [0.4, 0.5) is 0 Å². The first-order valence-electron chi connectivity index (χ1n) is 6.76. The molecule has 8 heteroatoms. The monoisotopic (exact) mass is 301 g/mol. The zero-order valence-corrected chi connectivity index (χ0v) is 13.2. The topological polar surface area (TPSA) is 81.3 Å². The maximum atomic E-state index is 12.8. The lowest BCUT2D eigenvalue weighted by molar-refractivity contribution is 0.105. The summed E-state index contributed by atoms with van der Waals surface area (Å²) in [5.41, 5.74) is 0.673. The largest absolute Gasteiger partial charge is 0.316 e. The Balaban J connectivity index is 2.28. The van der Waals surface area contributed by atoms with Crippen LogP contribution in [-0.4, -0.2) is 67.1 Å². The lowest BCUT2D eigenvalue weighted by Gasteiger charge is -2.41. The number of nitrogens with zero attached hydrogens (tertiary/aromatic N) is 3. The van der Waals surface area contributed by atoms with Crippen molar-refractivity contribution < 1.29 is 8.42 Å². The highest BCUT2D eigenvalue weighted by molar-refractivity contribution is 7.89. The van der Waals surface area contributed by atoms with E-state index in [0.29, 0.717) is 25.2 Å². The highest BCUT2D eigenvalue weighted by atomic mass is 32.2. The molecule has 2 rings (SSSR count). The fourth-order valence-electron chi connectivity index (χ4n) is 2.52. The summed E-state index contributed by atoms with van der Waals surface area (Å²) in [5.74, 6) is 0. The minimum Gasteiger partial charge on any atom is -0.316 e. The van der Waals surface area contributed by atoms with E-state index in [0.717, 1.165) is 0 Å². The molecule has 2 unspecified atom stereocenters. The fraction of sp³-hybridized carbons (Fsp3) is 0.750. The van der Waals surface area contributed by atoms with E-state index in [9.17, 15) is 8.42 Å². The number of H-pyrrole nitrogens is 1. The van der Waals surface area contributed by atoms with Crippen molar-refractivity contribution in [2.24, 2.45) is 0 Å². The molecule has 1 saturated heterocycles. The molecule has 2 N–H and O–H groups in total. The molecule has 1 aromatic rings. The summed E-state index contributed by atoms with van der Waals surface area (Å²) in [6.07, 6.45) is 1.56. The molecule has 114 valence electrons. The van der Waals surface area contributed by atoms with Gasteiger partial charge in [0.15, 0.2) is 5.03 Å². The summed E-state index contributed by atoms with van der Waals surface area (Å²) >= 11 is 0. The number of rotatable bonds is 4. The number of aromatic amines is 1. The van der Waals surface area contributed by atoms with E-state index < -0.39 is 10.0 Å². The molecule has 0 saturated carbocycles. The van der Waals surface area contributed by atoms with E-state index in [-0.39, 0.29) is 17.1 Å². The third-order valence-corrected chi connectivity index (χ3v) is 5.82. The zero-order chi connectivity index (χ0) is 14.9. The van der Waals surface area contributed by atoms with E-state index in [1.54, 1.807) is 17.5 Å². The lowest BCUT2D eigenvalue weighted by Crippen LogP contribution is -2.56. The Morgan fingerprint density at radius 2 is 2.00 bits per heavy atom. The van der Waals surface area contributed by atoms with Gasteiger partial charge in [-0.15, -0.1) is 0 Å². The first-order valence-corrected chi connectivity index (χ1v) is 8.20. The van der Waals surface area contributed by atoms with Crippen LogP contribution < -0.4 is 5.32 Å². The number of hydrogen-bond acceptors (Lipinski definition) is 5. The maximum Gasteiger partial charge on any atom is 0.260 e. The van der Waals surface area contributed by atoms with Crippen molar-refractivity contribution in [1.82, 2.24) is 24.7 Å². The molecule has 1 aliphatic rings. The molecule has 0 bridgehead atoms. The smallest absolute Gasteiger partial charge is 0.260 e. The molecule has 1 aliphatic heterocycles. The average Bonchev–Trinajstić information content (AvgIpc) is 2.84. The third kappa shape index (κ3) is 2.73. The molecule has 0 radical (unpaired) electrons. The predicted octanol–water partition coefficient (Wildman–Crippen LogP) is -0.158. The standard InChI is InChI=1S/C12H23N5O2S/c1-9-7-17(8-10(2)16(9)4)20(18,19)12-11(5-13-3)6-14-15-12/h6,9-10,13H,5,7-8H2,1-4H3,(H,14,15). The van der Waals surface area contributed by atoms with Crippen LogP contribution in [0.15, 0.2) is 11.2 Å². The highest BCUT2D eigenvalue weighted by Gasteiger charge is 2.36. The second kappa shape index (κ2) is 5.80. The maximum absolute atomic E-state index is 12.8. The zero-order valence-electron chi connectivity index (χ0n) is 12.4. The van der Waals surface area contributed by atoms with E-state index in [1.807, 2.05) is 20.9 Å². The first kappa shape index (κ1) is 15.4. The number of aromatic nitrogens is 2. The molecule has 2 heterocycles. The molecule has 0 aliphatic carbocycles. The Morgan fingerprint density at radius 1 is 1.40 bits per heavy atom. The van der Waals surface area contributed by atoms with Crippen LogP contribution in [0.1, 0.15) is 19.4 Å². The molecule has 2 atom stereocenters. The molecule has 20 heavy (non-hydrogen) atoms. The third-order valence-electron chi connectivity index (χ3n) is 3.97. The molecule has 0 aromatic carbocycles. The van der Waals surface area contributed by atoms with Crippen LogP contribution in [0.3, 0.4) is 0 Å². The Bertz CT molecular complexity index is 544. The molecule has 1 fully saturated rings. The molecule has 7 nitrogen and oxygen atoms in total. The lowest BCUT2D eigenvalue weighted by atomic mass is 10.1. The normalized spacial score (nSPS) is 26.0. The van der Waals surface area contributed by atoms with Crippen molar-refractivity contribution in [3.8, 4) is 0 Å². The number of hydrogen-bond donors (Lipinski definition) is 2. The Hall–Kier alpha value is -0.960. The van der Waals surface area contributed by atoms with Gasteiger partial charge in [0.1, 0.15) is 0 Å². The van der Waals surface area contributed by atoms with Gasteiger partial charge in [-0.3, -0.25) is 10.00 Å². The predicted molar refractivity (Wildman–Crippen MR) is 76.8 cm³/mol. The Kier molecular flexibility index (Phi) is 4.48. The van der Waals surface area contributed by atoms with Crippen molar-refractivity contribution in [2.45, 2.75) is 37.5 Å². The molecule has 0 spiro atoms. The van der Waals surface area contributed by atoms with Gasteiger partial charge in [-0.25, -0.2) is 8.42 Å². The number of piperazine rings is 1. The average molecular weight is 301 g/mol. The van der Waals surface area contributed by atoms with Crippen molar-refractivity contribution >= 4 is 10.0 Å². The molecule has 1 aromatic heterocycles. The first-order chi connectivity index (χ1) is 9.37. The van der Waals surface area contributed by atoms with Crippen LogP contribution in [0.25, 0.3) is 0 Å². The van der Waals surface area contributed by atoms with Crippen LogP contribution in [0.5, 0.6) is 0 Å². The van der Waals surface area contributed by atoms with E-state index >= 15 is 0 Å². The van der Waals surface area contributed by atoms with Crippen LogP contribution in [0, 0.1) is 0 Å². The minimum atomic E-state index is -3.51. The van der Waals surface area contributed by atoms with E-state index in [2.05, 4.69) is 20.4 Å². The second-order valence-corrected chi connectivity index (χ2v) is 7.32. The van der Waals surface area contributed by atoms with Gasteiger partial charge in [0.25, 0.3) is 10.0 Å².